The fourth-order valence-electron chi connectivity index (χ4n) is 3.81. The molecule has 36 heavy (non-hydrogen) atoms. The molecule has 12 heteroatoms. The van der Waals surface area contributed by atoms with E-state index in [9.17, 15) is 30.8 Å². The Hall–Kier alpha value is -3.28. The molecule has 0 bridgehead atoms. The molecule has 0 aliphatic heterocycles. The monoisotopic (exact) mass is 522 g/mol. The number of carbonyl (C=O) groups is 1. The first-order valence-electron chi connectivity index (χ1n) is 11.2. The maximum atomic E-state index is 14.8. The summed E-state index contributed by atoms with van der Waals surface area (Å²) in [6.07, 6.45) is -0.280. The summed E-state index contributed by atoms with van der Waals surface area (Å²) < 4.78 is 78.1. The lowest BCUT2D eigenvalue weighted by Crippen LogP contribution is -2.18. The number of rotatable bonds is 9. The smallest absolute Gasteiger partial charge is 0.299 e. The number of aromatic nitrogens is 4. The highest BCUT2D eigenvalue weighted by molar-refractivity contribution is 7.91. The van der Waals surface area contributed by atoms with Crippen LogP contribution in [0.25, 0.3) is 11.3 Å². The SMILES string of the molecule is CCC(C(=O)Cc1ccc(-c2cncc(C(F)(F)F)n2)cc1F)c1ccnc(CS(=O)(=O)C2CC2)n1. The van der Waals surface area contributed by atoms with Gasteiger partial charge in [0.05, 0.1) is 34.9 Å². The zero-order chi connectivity index (χ0) is 26.1. The summed E-state index contributed by atoms with van der Waals surface area (Å²) >= 11 is 0. The van der Waals surface area contributed by atoms with E-state index >= 15 is 0 Å². The van der Waals surface area contributed by atoms with Crippen molar-refractivity contribution in [3.63, 3.8) is 0 Å². The van der Waals surface area contributed by atoms with Crippen LogP contribution in [-0.4, -0.2) is 39.4 Å². The lowest BCUT2D eigenvalue weighted by Gasteiger charge is -2.15. The van der Waals surface area contributed by atoms with Crippen LogP contribution in [-0.2, 0) is 33.0 Å². The van der Waals surface area contributed by atoms with Gasteiger partial charge in [0, 0.05) is 18.2 Å². The molecular weight excluding hydrogens is 500 g/mol. The third kappa shape index (κ3) is 5.92. The van der Waals surface area contributed by atoms with Crippen LogP contribution in [0.4, 0.5) is 17.6 Å². The van der Waals surface area contributed by atoms with Crippen molar-refractivity contribution >= 4 is 15.6 Å². The Bertz CT molecular complexity index is 1390. The fraction of sp³-hybridized carbons (Fsp3) is 0.375. The number of halogens is 4. The van der Waals surface area contributed by atoms with Crippen LogP contribution in [0.1, 0.15) is 54.9 Å². The molecule has 7 nitrogen and oxygen atoms in total. The van der Waals surface area contributed by atoms with Crippen LogP contribution in [0.15, 0.2) is 42.9 Å². The molecule has 1 aliphatic rings. The lowest BCUT2D eigenvalue weighted by atomic mass is 9.92. The van der Waals surface area contributed by atoms with Gasteiger partial charge >= 0.3 is 6.18 Å². The van der Waals surface area contributed by atoms with Crippen molar-refractivity contribution in [3.05, 3.63) is 71.4 Å². The number of benzene rings is 1. The highest BCUT2D eigenvalue weighted by Crippen LogP contribution is 2.31. The average Bonchev–Trinajstić information content (AvgIpc) is 3.67. The Labute approximate surface area is 205 Å². The number of nitrogens with zero attached hydrogens (tertiary/aromatic N) is 4. The van der Waals surface area contributed by atoms with Gasteiger partial charge in [-0.05, 0) is 37.0 Å². The van der Waals surface area contributed by atoms with Gasteiger partial charge in [0.1, 0.15) is 23.2 Å². The summed E-state index contributed by atoms with van der Waals surface area (Å²) in [4.78, 5) is 28.4. The van der Waals surface area contributed by atoms with Crippen molar-refractivity contribution in [2.24, 2.45) is 0 Å². The predicted molar refractivity (Wildman–Crippen MR) is 122 cm³/mol. The Balaban J connectivity index is 1.51. The Kier molecular flexibility index (Phi) is 7.17. The number of sulfone groups is 1. The highest BCUT2D eigenvalue weighted by atomic mass is 32.2. The molecule has 2 aromatic heterocycles. The van der Waals surface area contributed by atoms with E-state index in [-0.39, 0.29) is 45.9 Å². The molecule has 0 spiro atoms. The summed E-state index contributed by atoms with van der Waals surface area (Å²) in [7, 11) is -3.33. The first-order valence-corrected chi connectivity index (χ1v) is 12.9. The van der Waals surface area contributed by atoms with Crippen LogP contribution in [0.2, 0.25) is 0 Å². The number of hydrogen-bond acceptors (Lipinski definition) is 7. The number of Topliss-reactive ketones (excluding diaryl/α,β-unsaturated/α-hetero) is 1. The molecule has 1 aromatic carbocycles. The van der Waals surface area contributed by atoms with Crippen LogP contribution in [0, 0.1) is 5.82 Å². The number of carbonyl (C=O) groups excluding carboxylic acids is 1. The first kappa shape index (κ1) is 25.8. The molecule has 1 atom stereocenters. The molecule has 1 unspecified atom stereocenters. The lowest BCUT2D eigenvalue weighted by molar-refractivity contribution is -0.141. The Morgan fingerprint density at radius 2 is 1.89 bits per heavy atom. The number of hydrogen-bond donors (Lipinski definition) is 0. The molecular formula is C24H22F4N4O3S. The second-order valence-corrected chi connectivity index (χ2v) is 10.9. The Morgan fingerprint density at radius 1 is 1.14 bits per heavy atom. The van der Waals surface area contributed by atoms with Gasteiger partial charge in [0.25, 0.3) is 0 Å². The minimum Gasteiger partial charge on any atom is -0.299 e. The quantitative estimate of drug-likeness (QED) is 0.382. The van der Waals surface area contributed by atoms with Crippen molar-refractivity contribution in [1.29, 1.82) is 0 Å². The molecule has 0 radical (unpaired) electrons. The van der Waals surface area contributed by atoms with Crippen molar-refractivity contribution in [3.8, 4) is 11.3 Å². The van der Waals surface area contributed by atoms with Gasteiger partial charge in [0.15, 0.2) is 15.5 Å². The molecule has 2 heterocycles. The molecule has 4 rings (SSSR count). The van der Waals surface area contributed by atoms with Crippen LogP contribution in [0.5, 0.6) is 0 Å². The van der Waals surface area contributed by atoms with Gasteiger partial charge in [-0.3, -0.25) is 9.78 Å². The second kappa shape index (κ2) is 10.00. The number of ketones is 1. The maximum Gasteiger partial charge on any atom is 0.434 e. The normalized spacial score (nSPS) is 15.0. The Morgan fingerprint density at radius 3 is 2.53 bits per heavy atom. The van der Waals surface area contributed by atoms with Gasteiger partial charge in [-0.2, -0.15) is 13.2 Å². The minimum atomic E-state index is -4.69. The van der Waals surface area contributed by atoms with Crippen molar-refractivity contribution in [2.45, 2.75) is 55.7 Å². The molecule has 0 saturated heterocycles. The molecule has 190 valence electrons. The predicted octanol–water partition coefficient (Wildman–Crippen LogP) is 4.47. The fourth-order valence-corrected chi connectivity index (χ4v) is 5.40. The van der Waals surface area contributed by atoms with Crippen LogP contribution < -0.4 is 0 Å². The molecule has 1 saturated carbocycles. The summed E-state index contributed by atoms with van der Waals surface area (Å²) in [5, 5.41) is -0.360. The van der Waals surface area contributed by atoms with Gasteiger partial charge < -0.3 is 0 Å². The molecule has 1 fully saturated rings. The third-order valence-electron chi connectivity index (χ3n) is 5.88. The summed E-state index contributed by atoms with van der Waals surface area (Å²) in [5.74, 6) is -2.00. The molecule has 0 amide bonds. The minimum absolute atomic E-state index is 0.0627. The molecule has 0 N–H and O–H groups in total. The van der Waals surface area contributed by atoms with Crippen molar-refractivity contribution < 1.29 is 30.8 Å². The van der Waals surface area contributed by atoms with E-state index in [1.807, 2.05) is 0 Å². The van der Waals surface area contributed by atoms with E-state index < -0.39 is 33.4 Å². The molecule has 1 aliphatic carbocycles. The topological polar surface area (TPSA) is 103 Å². The summed E-state index contributed by atoms with van der Waals surface area (Å²) in [6, 6.07) is 5.25. The van der Waals surface area contributed by atoms with E-state index in [1.165, 1.54) is 24.4 Å². The molecule has 3 aromatic rings. The second-order valence-electron chi connectivity index (χ2n) is 8.60. The zero-order valence-electron chi connectivity index (χ0n) is 19.2. The highest BCUT2D eigenvalue weighted by Gasteiger charge is 2.36. The third-order valence-corrected chi connectivity index (χ3v) is 8.03. The van der Waals surface area contributed by atoms with E-state index in [0.29, 0.717) is 31.2 Å². The van der Waals surface area contributed by atoms with E-state index in [1.54, 1.807) is 6.92 Å². The first-order chi connectivity index (χ1) is 17.0. The van der Waals surface area contributed by atoms with Gasteiger partial charge in [-0.15, -0.1) is 0 Å². The maximum absolute atomic E-state index is 14.8. The van der Waals surface area contributed by atoms with E-state index in [0.717, 1.165) is 12.3 Å². The van der Waals surface area contributed by atoms with Crippen LogP contribution >= 0.6 is 0 Å². The average molecular weight is 523 g/mol. The largest absolute Gasteiger partial charge is 0.434 e. The van der Waals surface area contributed by atoms with Crippen molar-refractivity contribution in [2.75, 3.05) is 0 Å². The standard InChI is InChI=1S/C24H22F4N4O3S/c1-2-17(19-7-8-30-23(32-19)13-36(34,35)16-5-6-16)21(33)10-14-3-4-15(9-18(14)25)20-11-29-12-22(31-20)24(26,27)28/h3-4,7-9,11-12,16-17H,2,5-6,10,13H2,1H3. The van der Waals surface area contributed by atoms with Crippen LogP contribution in [0.3, 0.4) is 0 Å². The van der Waals surface area contributed by atoms with Crippen molar-refractivity contribution in [1.82, 2.24) is 19.9 Å². The van der Waals surface area contributed by atoms with Gasteiger partial charge in [-0.25, -0.2) is 27.8 Å². The van der Waals surface area contributed by atoms with Gasteiger partial charge in [-0.1, -0.05) is 19.1 Å². The van der Waals surface area contributed by atoms with E-state index in [4.69, 9.17) is 0 Å². The van der Waals surface area contributed by atoms with Gasteiger partial charge in [0.2, 0.25) is 0 Å². The summed E-state index contributed by atoms with van der Waals surface area (Å²) in [6.45, 7) is 1.76. The van der Waals surface area contributed by atoms with E-state index in [2.05, 4.69) is 19.9 Å². The summed E-state index contributed by atoms with van der Waals surface area (Å²) in [5.41, 5.74) is -0.837. The number of alkyl halides is 3. The zero-order valence-corrected chi connectivity index (χ0v) is 20.0.